The number of hydrogen-bond donors (Lipinski definition) is 1. The van der Waals surface area contributed by atoms with Crippen molar-refractivity contribution in [1.29, 1.82) is 0 Å². The summed E-state index contributed by atoms with van der Waals surface area (Å²) in [7, 11) is 0. The van der Waals surface area contributed by atoms with Gasteiger partial charge in [0.05, 0.1) is 6.04 Å². The van der Waals surface area contributed by atoms with E-state index >= 15 is 0 Å². The first kappa shape index (κ1) is 20.1. The average molecular weight is 295 g/mol. The molecule has 1 aliphatic rings. The van der Waals surface area contributed by atoms with Gasteiger partial charge in [-0.25, -0.2) is 0 Å². The Bertz CT molecular complexity index is 349. The summed E-state index contributed by atoms with van der Waals surface area (Å²) in [6, 6.07) is 0.938. The van der Waals surface area contributed by atoms with Crippen LogP contribution < -0.4 is 5.32 Å². The summed E-state index contributed by atoms with van der Waals surface area (Å²) >= 11 is 0. The fourth-order valence-electron chi connectivity index (χ4n) is 2.99. The van der Waals surface area contributed by atoms with Gasteiger partial charge in [0.15, 0.2) is 0 Å². The minimum atomic E-state index is 0.442. The Balaban J connectivity index is 0.00000191. The number of hydrogen-bond acceptors (Lipinski definition) is 2. The zero-order valence-electron chi connectivity index (χ0n) is 16.0. The summed E-state index contributed by atoms with van der Waals surface area (Å²) in [5, 5.41) is 3.60. The second-order valence-electron chi connectivity index (χ2n) is 6.86. The lowest BCUT2D eigenvalue weighted by molar-refractivity contribution is 0.334. The molecule has 0 saturated heterocycles. The summed E-state index contributed by atoms with van der Waals surface area (Å²) in [6.45, 7) is 22.4. The first-order valence-electron chi connectivity index (χ1n) is 8.72. The van der Waals surface area contributed by atoms with E-state index in [0.29, 0.717) is 29.8 Å². The third-order valence-electron chi connectivity index (χ3n) is 3.81. The molecule has 1 atom stereocenters. The van der Waals surface area contributed by atoms with Crippen LogP contribution in [0.25, 0.3) is 0 Å². The number of allylic oxidation sites excluding steroid dienone is 1. The second-order valence-corrected chi connectivity index (χ2v) is 6.86. The molecular weight excluding hydrogens is 256 g/mol. The van der Waals surface area contributed by atoms with Crippen LogP contribution in [0.3, 0.4) is 0 Å². The summed E-state index contributed by atoms with van der Waals surface area (Å²) in [4.78, 5) is 2.44. The fourth-order valence-corrected chi connectivity index (χ4v) is 2.99. The van der Waals surface area contributed by atoms with Gasteiger partial charge in [0.25, 0.3) is 0 Å². The number of nitrogens with zero attached hydrogens (tertiary/aromatic N) is 1. The van der Waals surface area contributed by atoms with Gasteiger partial charge in [-0.3, -0.25) is 0 Å². The van der Waals surface area contributed by atoms with Gasteiger partial charge in [0.2, 0.25) is 0 Å². The minimum Gasteiger partial charge on any atom is -0.383 e. The van der Waals surface area contributed by atoms with E-state index in [1.165, 1.54) is 5.70 Å². The quantitative estimate of drug-likeness (QED) is 0.748. The predicted molar refractivity (Wildman–Crippen MR) is 95.9 cm³/mol. The molecule has 2 heteroatoms. The number of nitrogens with one attached hydrogen (secondary N) is 1. The van der Waals surface area contributed by atoms with Gasteiger partial charge < -0.3 is 10.2 Å². The molecule has 1 N–H and O–H groups in total. The van der Waals surface area contributed by atoms with Gasteiger partial charge in [0, 0.05) is 24.1 Å². The van der Waals surface area contributed by atoms with Crippen molar-refractivity contribution in [2.75, 3.05) is 0 Å². The summed E-state index contributed by atoms with van der Waals surface area (Å²) < 4.78 is 0. The van der Waals surface area contributed by atoms with Crippen LogP contribution in [0.5, 0.6) is 0 Å². The van der Waals surface area contributed by atoms with Crippen LogP contribution in [0.1, 0.15) is 69.2 Å². The van der Waals surface area contributed by atoms with Gasteiger partial charge >= 0.3 is 0 Å². The van der Waals surface area contributed by atoms with Crippen LogP contribution in [0.15, 0.2) is 23.7 Å². The molecule has 0 bridgehead atoms. The molecule has 1 aliphatic heterocycles. The molecule has 0 aliphatic carbocycles. The zero-order chi connectivity index (χ0) is 16.7. The molecule has 0 fully saturated rings. The maximum atomic E-state index is 3.60. The summed E-state index contributed by atoms with van der Waals surface area (Å²) in [5.74, 6) is 1.71. The third-order valence-corrected chi connectivity index (χ3v) is 3.81. The zero-order valence-corrected chi connectivity index (χ0v) is 16.0. The van der Waals surface area contributed by atoms with Crippen LogP contribution in [0, 0.1) is 17.8 Å². The monoisotopic (exact) mass is 294 g/mol. The smallest absolute Gasteiger partial charge is 0.0514 e. The Labute approximate surface area is 133 Å². The molecule has 0 amide bonds. The van der Waals surface area contributed by atoms with E-state index in [2.05, 4.69) is 78.0 Å². The van der Waals surface area contributed by atoms with Crippen molar-refractivity contribution in [2.45, 2.75) is 81.3 Å². The Morgan fingerprint density at radius 2 is 1.43 bits per heavy atom. The molecule has 124 valence electrons. The van der Waals surface area contributed by atoms with Crippen LogP contribution in [-0.4, -0.2) is 17.0 Å². The van der Waals surface area contributed by atoms with Gasteiger partial charge in [-0.1, -0.05) is 55.4 Å². The molecule has 1 unspecified atom stereocenters. The maximum absolute atomic E-state index is 3.60. The van der Waals surface area contributed by atoms with Crippen LogP contribution in [-0.2, 0) is 0 Å². The molecule has 1 rings (SSSR count). The highest BCUT2D eigenvalue weighted by molar-refractivity contribution is 5.28. The SMILES string of the molecule is CC.CC(C)C1=C(C(C)C)N(C(C)C)C=CNC1C(C)C. The van der Waals surface area contributed by atoms with E-state index in [-0.39, 0.29) is 0 Å². The molecule has 0 aromatic carbocycles. The van der Waals surface area contributed by atoms with Gasteiger partial charge in [-0.05, 0) is 37.2 Å². The van der Waals surface area contributed by atoms with Crippen LogP contribution in [0.4, 0.5) is 0 Å². The fraction of sp³-hybridized carbons (Fsp3) is 0.789. The van der Waals surface area contributed by atoms with E-state index < -0.39 is 0 Å². The van der Waals surface area contributed by atoms with Crippen molar-refractivity contribution in [3.63, 3.8) is 0 Å². The van der Waals surface area contributed by atoms with Crippen LogP contribution in [0.2, 0.25) is 0 Å². The Morgan fingerprint density at radius 3 is 1.76 bits per heavy atom. The molecule has 21 heavy (non-hydrogen) atoms. The lowest BCUT2D eigenvalue weighted by Crippen LogP contribution is -2.36. The lowest BCUT2D eigenvalue weighted by atomic mass is 9.84. The van der Waals surface area contributed by atoms with Gasteiger partial charge in [0.1, 0.15) is 0 Å². The minimum absolute atomic E-state index is 0.442. The van der Waals surface area contributed by atoms with Crippen molar-refractivity contribution in [1.82, 2.24) is 10.2 Å². The second kappa shape index (κ2) is 9.17. The number of rotatable bonds is 4. The topological polar surface area (TPSA) is 15.3 Å². The highest BCUT2D eigenvalue weighted by Gasteiger charge is 2.29. The van der Waals surface area contributed by atoms with Crippen molar-refractivity contribution >= 4 is 0 Å². The van der Waals surface area contributed by atoms with E-state index in [1.807, 2.05) is 13.8 Å². The van der Waals surface area contributed by atoms with Crippen molar-refractivity contribution in [3.8, 4) is 0 Å². The Kier molecular flexibility index (Phi) is 8.77. The molecule has 0 radical (unpaired) electrons. The van der Waals surface area contributed by atoms with Gasteiger partial charge in [-0.2, -0.15) is 0 Å². The third kappa shape index (κ3) is 5.09. The lowest BCUT2D eigenvalue weighted by Gasteiger charge is -2.35. The molecule has 0 aromatic rings. The molecule has 0 saturated carbocycles. The molecule has 2 nitrogen and oxygen atoms in total. The first-order valence-corrected chi connectivity index (χ1v) is 8.72. The predicted octanol–water partition coefficient (Wildman–Crippen LogP) is 5.39. The van der Waals surface area contributed by atoms with E-state index in [0.717, 1.165) is 0 Å². The average Bonchev–Trinajstić information content (AvgIpc) is 2.60. The van der Waals surface area contributed by atoms with Crippen molar-refractivity contribution in [3.05, 3.63) is 23.7 Å². The molecule has 0 aromatic heterocycles. The maximum Gasteiger partial charge on any atom is 0.0514 e. The van der Waals surface area contributed by atoms with Crippen LogP contribution >= 0.6 is 0 Å². The van der Waals surface area contributed by atoms with Gasteiger partial charge in [-0.15, -0.1) is 0 Å². The normalized spacial score (nSPS) is 19.1. The van der Waals surface area contributed by atoms with Crippen molar-refractivity contribution < 1.29 is 0 Å². The van der Waals surface area contributed by atoms with E-state index in [9.17, 15) is 0 Å². The Morgan fingerprint density at radius 1 is 0.905 bits per heavy atom. The van der Waals surface area contributed by atoms with Crippen molar-refractivity contribution in [2.24, 2.45) is 17.8 Å². The van der Waals surface area contributed by atoms with E-state index in [4.69, 9.17) is 0 Å². The Hall–Kier alpha value is -0.920. The summed E-state index contributed by atoms with van der Waals surface area (Å²) in [6.07, 6.45) is 4.34. The molecular formula is C19H38N2. The largest absolute Gasteiger partial charge is 0.383 e. The molecule has 1 heterocycles. The highest BCUT2D eigenvalue weighted by Crippen LogP contribution is 2.32. The first-order chi connectivity index (χ1) is 9.77. The highest BCUT2D eigenvalue weighted by atomic mass is 15.2. The van der Waals surface area contributed by atoms with E-state index in [1.54, 1.807) is 5.57 Å². The standard InChI is InChI=1S/C17H32N2.C2H6/c1-11(2)15-16(12(3)4)18-9-10-19(14(7)8)17(15)13(5)6;1-2/h9-14,16,18H,1-8H3;1-2H3. The molecule has 0 spiro atoms. The summed E-state index contributed by atoms with van der Waals surface area (Å²) in [5.41, 5.74) is 3.08.